The average Bonchev–Trinajstić information content (AvgIpc) is 3.75. The van der Waals surface area contributed by atoms with E-state index in [1.165, 1.54) is 64.7 Å². The Labute approximate surface area is 372 Å². The molecular formula is C60H42N2S. The number of anilines is 6. The minimum Gasteiger partial charge on any atom is -0.311 e. The summed E-state index contributed by atoms with van der Waals surface area (Å²) in [6.45, 7) is 0. The molecule has 0 aliphatic heterocycles. The van der Waals surface area contributed by atoms with Crippen LogP contribution in [0.2, 0.25) is 0 Å². The van der Waals surface area contributed by atoms with Crippen molar-refractivity contribution in [2.75, 3.05) is 9.80 Å². The third kappa shape index (κ3) is 7.56. The van der Waals surface area contributed by atoms with E-state index in [4.69, 9.17) is 0 Å². The van der Waals surface area contributed by atoms with Gasteiger partial charge in [-0.05, 0) is 123 Å². The lowest BCUT2D eigenvalue weighted by Gasteiger charge is -2.26. The summed E-state index contributed by atoms with van der Waals surface area (Å²) in [6, 6.07) is 91.7. The van der Waals surface area contributed by atoms with Crippen LogP contribution in [0.15, 0.2) is 255 Å². The van der Waals surface area contributed by atoms with Crippen molar-refractivity contribution in [2.45, 2.75) is 0 Å². The van der Waals surface area contributed by atoms with Crippen LogP contribution >= 0.6 is 11.3 Å². The van der Waals surface area contributed by atoms with Gasteiger partial charge in [0.2, 0.25) is 0 Å². The average molecular weight is 823 g/mol. The maximum absolute atomic E-state index is 2.33. The van der Waals surface area contributed by atoms with E-state index in [-0.39, 0.29) is 0 Å². The highest BCUT2D eigenvalue weighted by Gasteiger charge is 2.16. The summed E-state index contributed by atoms with van der Waals surface area (Å²) >= 11 is 1.87. The number of rotatable bonds is 10. The highest BCUT2D eigenvalue weighted by Crippen LogP contribution is 2.42. The van der Waals surface area contributed by atoms with Gasteiger partial charge in [-0.1, -0.05) is 176 Å². The Bertz CT molecular complexity index is 3270. The fourth-order valence-electron chi connectivity index (χ4n) is 8.71. The van der Waals surface area contributed by atoms with Crippen molar-refractivity contribution in [3.8, 4) is 44.5 Å². The van der Waals surface area contributed by atoms with E-state index in [1.807, 2.05) is 11.3 Å². The van der Waals surface area contributed by atoms with Gasteiger partial charge in [0, 0.05) is 54.3 Å². The van der Waals surface area contributed by atoms with E-state index < -0.39 is 0 Å². The molecule has 298 valence electrons. The minimum atomic E-state index is 1.10. The SMILES string of the molecule is c1ccc(-c2ccc(-c3ccc(N(c4ccccc4)c4ccc(-c5ccc(N(c6ccccc6)c6ccc(-c7cccc8c7sc7ccccc78)cc6)cc5)cc4)cc3)cc2)cc1. The van der Waals surface area contributed by atoms with Crippen molar-refractivity contribution in [3.63, 3.8) is 0 Å². The van der Waals surface area contributed by atoms with E-state index in [0.717, 1.165) is 34.1 Å². The number of benzene rings is 10. The van der Waals surface area contributed by atoms with E-state index in [9.17, 15) is 0 Å². The summed E-state index contributed by atoms with van der Waals surface area (Å²) in [5, 5.41) is 2.64. The molecule has 0 aliphatic carbocycles. The van der Waals surface area contributed by atoms with Gasteiger partial charge in [-0.15, -0.1) is 11.3 Å². The summed E-state index contributed by atoms with van der Waals surface area (Å²) in [6.07, 6.45) is 0. The van der Waals surface area contributed by atoms with E-state index in [2.05, 4.69) is 265 Å². The van der Waals surface area contributed by atoms with E-state index >= 15 is 0 Å². The monoisotopic (exact) mass is 822 g/mol. The smallest absolute Gasteiger partial charge is 0.0462 e. The molecule has 0 saturated heterocycles. The zero-order chi connectivity index (χ0) is 42.0. The van der Waals surface area contributed by atoms with Crippen LogP contribution in [0.3, 0.4) is 0 Å². The third-order valence-corrected chi connectivity index (χ3v) is 13.1. The van der Waals surface area contributed by atoms with Gasteiger partial charge in [-0.2, -0.15) is 0 Å². The predicted octanol–water partition coefficient (Wildman–Crippen LogP) is 17.7. The van der Waals surface area contributed by atoms with Crippen LogP contribution < -0.4 is 9.80 Å². The zero-order valence-electron chi connectivity index (χ0n) is 34.6. The van der Waals surface area contributed by atoms with Crippen molar-refractivity contribution in [2.24, 2.45) is 0 Å². The number of thiophene rings is 1. The number of hydrogen-bond donors (Lipinski definition) is 0. The highest BCUT2D eigenvalue weighted by molar-refractivity contribution is 7.26. The van der Waals surface area contributed by atoms with Crippen LogP contribution in [0, 0.1) is 0 Å². The largest absolute Gasteiger partial charge is 0.311 e. The summed E-state index contributed by atoms with van der Waals surface area (Å²) in [5.41, 5.74) is 16.3. The molecule has 11 rings (SSSR count). The van der Waals surface area contributed by atoms with Crippen molar-refractivity contribution >= 4 is 65.6 Å². The number of fused-ring (bicyclic) bond motifs is 3. The zero-order valence-corrected chi connectivity index (χ0v) is 35.4. The maximum Gasteiger partial charge on any atom is 0.0462 e. The Hall–Kier alpha value is -7.98. The number of hydrogen-bond acceptors (Lipinski definition) is 3. The molecule has 0 spiro atoms. The highest BCUT2D eigenvalue weighted by atomic mass is 32.1. The van der Waals surface area contributed by atoms with Gasteiger partial charge in [0.15, 0.2) is 0 Å². The fourth-order valence-corrected chi connectivity index (χ4v) is 9.95. The molecule has 0 fully saturated rings. The van der Waals surface area contributed by atoms with Crippen LogP contribution in [0.5, 0.6) is 0 Å². The van der Waals surface area contributed by atoms with Crippen LogP contribution in [0.25, 0.3) is 64.7 Å². The fraction of sp³-hybridized carbons (Fsp3) is 0. The lowest BCUT2D eigenvalue weighted by atomic mass is 10.00. The molecule has 63 heavy (non-hydrogen) atoms. The quantitative estimate of drug-likeness (QED) is 0.136. The van der Waals surface area contributed by atoms with Gasteiger partial charge in [-0.25, -0.2) is 0 Å². The molecule has 0 N–H and O–H groups in total. The van der Waals surface area contributed by atoms with Crippen molar-refractivity contribution < 1.29 is 0 Å². The Morgan fingerprint density at radius 3 is 0.984 bits per heavy atom. The van der Waals surface area contributed by atoms with Crippen molar-refractivity contribution in [1.29, 1.82) is 0 Å². The first kappa shape index (κ1) is 38.0. The molecule has 0 radical (unpaired) electrons. The maximum atomic E-state index is 2.33. The van der Waals surface area contributed by atoms with Gasteiger partial charge in [0.1, 0.15) is 0 Å². The van der Waals surface area contributed by atoms with Gasteiger partial charge in [0.25, 0.3) is 0 Å². The Balaban J connectivity index is 0.858. The molecule has 0 bridgehead atoms. The second-order valence-corrected chi connectivity index (χ2v) is 16.8. The minimum absolute atomic E-state index is 1.10. The second kappa shape index (κ2) is 16.8. The number of para-hydroxylation sites is 2. The molecule has 0 aliphatic rings. The van der Waals surface area contributed by atoms with Gasteiger partial charge >= 0.3 is 0 Å². The second-order valence-electron chi connectivity index (χ2n) is 15.8. The summed E-state index contributed by atoms with van der Waals surface area (Å²) in [5.74, 6) is 0. The lowest BCUT2D eigenvalue weighted by Crippen LogP contribution is -2.10. The standard InChI is InChI=1S/C60H42N2S/c1-4-13-43(14-5-1)44-23-25-45(26-24-44)46-27-35-52(36-28-46)61(50-15-6-2-7-16-50)53-37-29-47(30-38-53)48-31-39-54(40-32-48)62(51-17-8-3-9-18-51)55-41-33-49(34-42-55)56-20-12-21-58-57-19-10-11-22-59(57)63-60(56)58/h1-42H. The molecule has 1 aromatic heterocycles. The summed E-state index contributed by atoms with van der Waals surface area (Å²) in [4.78, 5) is 4.65. The molecule has 3 heteroatoms. The lowest BCUT2D eigenvalue weighted by molar-refractivity contribution is 1.28. The molecule has 0 amide bonds. The molecule has 1 heterocycles. The molecular weight excluding hydrogens is 781 g/mol. The molecule has 0 saturated carbocycles. The molecule has 2 nitrogen and oxygen atoms in total. The molecule has 0 atom stereocenters. The number of nitrogens with zero attached hydrogens (tertiary/aromatic N) is 2. The van der Waals surface area contributed by atoms with E-state index in [1.54, 1.807) is 0 Å². The van der Waals surface area contributed by atoms with Crippen LogP contribution in [0.1, 0.15) is 0 Å². The van der Waals surface area contributed by atoms with Crippen LogP contribution in [-0.4, -0.2) is 0 Å². The molecule has 10 aromatic carbocycles. The third-order valence-electron chi connectivity index (χ3n) is 11.9. The van der Waals surface area contributed by atoms with Gasteiger partial charge < -0.3 is 9.80 Å². The molecule has 11 aromatic rings. The van der Waals surface area contributed by atoms with E-state index in [0.29, 0.717) is 0 Å². The van der Waals surface area contributed by atoms with Crippen molar-refractivity contribution in [3.05, 3.63) is 255 Å². The Kier molecular flexibility index (Phi) is 10.1. The molecule has 0 unspecified atom stereocenters. The predicted molar refractivity (Wildman–Crippen MR) is 270 cm³/mol. The Morgan fingerprint density at radius 2 is 0.540 bits per heavy atom. The van der Waals surface area contributed by atoms with Gasteiger partial charge in [-0.3, -0.25) is 0 Å². The summed E-state index contributed by atoms with van der Waals surface area (Å²) < 4.78 is 2.65. The Morgan fingerprint density at radius 1 is 0.222 bits per heavy atom. The first-order valence-electron chi connectivity index (χ1n) is 21.4. The topological polar surface area (TPSA) is 6.48 Å². The first-order chi connectivity index (χ1) is 31.2. The van der Waals surface area contributed by atoms with Crippen LogP contribution in [0.4, 0.5) is 34.1 Å². The normalized spacial score (nSPS) is 11.2. The van der Waals surface area contributed by atoms with Gasteiger partial charge in [0.05, 0.1) is 0 Å². The van der Waals surface area contributed by atoms with Crippen LogP contribution in [-0.2, 0) is 0 Å². The first-order valence-corrected chi connectivity index (χ1v) is 22.2. The van der Waals surface area contributed by atoms with Crippen molar-refractivity contribution in [1.82, 2.24) is 0 Å². The summed E-state index contributed by atoms with van der Waals surface area (Å²) in [7, 11) is 0.